The van der Waals surface area contributed by atoms with Gasteiger partial charge in [0.15, 0.2) is 0 Å². The Morgan fingerprint density at radius 3 is 2.55 bits per heavy atom. The number of nitrogens with two attached hydrogens (primary N) is 1. The summed E-state index contributed by atoms with van der Waals surface area (Å²) in [6, 6.07) is 6.20. The van der Waals surface area contributed by atoms with Crippen molar-refractivity contribution >= 4 is 34.7 Å². The van der Waals surface area contributed by atoms with Crippen LogP contribution < -0.4 is 11.1 Å². The summed E-state index contributed by atoms with van der Waals surface area (Å²) in [5, 5.41) is 3.52. The Bertz CT molecular complexity index is 464. The molecule has 0 aliphatic rings. The number of hydrogen-bond donors (Lipinski definition) is 2. The van der Waals surface area contributed by atoms with Gasteiger partial charge in [0, 0.05) is 22.7 Å². The van der Waals surface area contributed by atoms with Crippen molar-refractivity contribution < 1.29 is 0 Å². The van der Waals surface area contributed by atoms with Crippen LogP contribution in [0.5, 0.6) is 0 Å². The molecule has 0 saturated heterocycles. The van der Waals surface area contributed by atoms with Crippen molar-refractivity contribution in [2.24, 2.45) is 17.1 Å². The molecule has 0 saturated carbocycles. The lowest BCUT2D eigenvalue weighted by Crippen LogP contribution is -2.25. The van der Waals surface area contributed by atoms with Gasteiger partial charge >= 0.3 is 0 Å². The molecular weight excluding hydrogens is 284 g/mol. The highest BCUT2D eigenvalue weighted by molar-refractivity contribution is 7.99. The number of benzene rings is 1. The molecular formula is C16H26N2S2. The van der Waals surface area contributed by atoms with Gasteiger partial charge in [-0.05, 0) is 29.2 Å². The molecule has 2 nitrogen and oxygen atoms in total. The molecule has 1 aromatic carbocycles. The number of nitrogens with one attached hydrogen (secondary N) is 1. The van der Waals surface area contributed by atoms with Gasteiger partial charge in [-0.15, -0.1) is 11.8 Å². The molecule has 0 bridgehead atoms. The molecule has 0 heterocycles. The molecule has 1 rings (SSSR count). The Labute approximate surface area is 132 Å². The van der Waals surface area contributed by atoms with Gasteiger partial charge in [-0.25, -0.2) is 0 Å². The quantitative estimate of drug-likeness (QED) is 0.598. The molecule has 0 amide bonds. The summed E-state index contributed by atoms with van der Waals surface area (Å²) in [6.07, 6.45) is 0. The van der Waals surface area contributed by atoms with E-state index >= 15 is 0 Å². The normalized spacial score (nSPS) is 13.1. The lowest BCUT2D eigenvalue weighted by molar-refractivity contribution is 0.274. The van der Waals surface area contributed by atoms with Crippen molar-refractivity contribution in [3.05, 3.63) is 23.8 Å². The van der Waals surface area contributed by atoms with Crippen molar-refractivity contribution in [1.82, 2.24) is 0 Å². The van der Waals surface area contributed by atoms with E-state index in [1.54, 1.807) is 11.8 Å². The van der Waals surface area contributed by atoms with E-state index in [4.69, 9.17) is 18.0 Å². The molecule has 1 unspecified atom stereocenters. The van der Waals surface area contributed by atoms with Crippen LogP contribution in [0.4, 0.5) is 5.69 Å². The molecule has 0 spiro atoms. The van der Waals surface area contributed by atoms with Crippen LogP contribution in [-0.4, -0.2) is 17.3 Å². The Morgan fingerprint density at radius 1 is 1.40 bits per heavy atom. The standard InChI is InChI=1S/C16H26N2S2/c1-6-20-13-9-7-8-12(14(13)15(17)19)18-10-11(2)16(3,4)5/h7-9,11,18H,6,10H2,1-5H3,(H2,17,19). The average Bonchev–Trinajstić information content (AvgIpc) is 2.34. The molecule has 0 fully saturated rings. The van der Waals surface area contributed by atoms with E-state index < -0.39 is 0 Å². The molecule has 3 N–H and O–H groups in total. The van der Waals surface area contributed by atoms with Crippen LogP contribution in [0.3, 0.4) is 0 Å². The third-order valence-corrected chi connectivity index (χ3v) is 4.79. The smallest absolute Gasteiger partial charge is 0.107 e. The van der Waals surface area contributed by atoms with Gasteiger partial charge in [0.1, 0.15) is 4.99 Å². The Balaban J connectivity index is 2.95. The van der Waals surface area contributed by atoms with Gasteiger partial charge in [-0.3, -0.25) is 0 Å². The van der Waals surface area contributed by atoms with Crippen molar-refractivity contribution in [3.63, 3.8) is 0 Å². The fourth-order valence-corrected chi connectivity index (χ4v) is 2.91. The molecule has 4 heteroatoms. The fraction of sp³-hybridized carbons (Fsp3) is 0.562. The van der Waals surface area contributed by atoms with Crippen molar-refractivity contribution in [2.45, 2.75) is 39.5 Å². The monoisotopic (exact) mass is 310 g/mol. The van der Waals surface area contributed by atoms with Gasteiger partial charge in [-0.2, -0.15) is 0 Å². The van der Waals surface area contributed by atoms with Gasteiger partial charge in [0.05, 0.1) is 0 Å². The van der Waals surface area contributed by atoms with Gasteiger partial charge in [0.2, 0.25) is 0 Å². The highest BCUT2D eigenvalue weighted by Crippen LogP contribution is 2.30. The van der Waals surface area contributed by atoms with E-state index in [-0.39, 0.29) is 5.41 Å². The van der Waals surface area contributed by atoms with E-state index in [0.29, 0.717) is 10.9 Å². The SMILES string of the molecule is CCSc1cccc(NCC(C)C(C)(C)C)c1C(N)=S. The third-order valence-electron chi connectivity index (χ3n) is 3.65. The Kier molecular flexibility index (Phi) is 6.34. The van der Waals surface area contributed by atoms with Crippen LogP contribution in [0, 0.1) is 11.3 Å². The maximum absolute atomic E-state index is 5.92. The number of thioether (sulfide) groups is 1. The molecule has 0 aliphatic carbocycles. The molecule has 0 aromatic heterocycles. The second-order valence-corrected chi connectivity index (χ2v) is 7.87. The fourth-order valence-electron chi connectivity index (χ4n) is 1.78. The first-order chi connectivity index (χ1) is 9.27. The average molecular weight is 311 g/mol. The number of rotatable bonds is 6. The zero-order chi connectivity index (χ0) is 15.3. The summed E-state index contributed by atoms with van der Waals surface area (Å²) >= 11 is 7.01. The van der Waals surface area contributed by atoms with Gasteiger partial charge in [-0.1, -0.05) is 52.9 Å². The maximum Gasteiger partial charge on any atom is 0.107 e. The number of thiocarbonyl (C=S) groups is 1. The summed E-state index contributed by atoms with van der Waals surface area (Å²) in [5.74, 6) is 1.57. The van der Waals surface area contributed by atoms with Crippen molar-refractivity contribution in [2.75, 3.05) is 17.6 Å². The van der Waals surface area contributed by atoms with E-state index in [0.717, 1.165) is 28.4 Å². The van der Waals surface area contributed by atoms with Crippen LogP contribution in [0.1, 0.15) is 40.2 Å². The summed E-state index contributed by atoms with van der Waals surface area (Å²) in [6.45, 7) is 12.1. The maximum atomic E-state index is 5.92. The minimum Gasteiger partial charge on any atom is -0.389 e. The van der Waals surface area contributed by atoms with Crippen molar-refractivity contribution in [1.29, 1.82) is 0 Å². The summed E-state index contributed by atoms with van der Waals surface area (Å²) < 4.78 is 0. The van der Waals surface area contributed by atoms with E-state index in [9.17, 15) is 0 Å². The predicted octanol–water partition coefficient (Wildman–Crippen LogP) is 4.53. The van der Waals surface area contributed by atoms with E-state index in [1.807, 2.05) is 0 Å². The molecule has 20 heavy (non-hydrogen) atoms. The lowest BCUT2D eigenvalue weighted by atomic mass is 9.82. The van der Waals surface area contributed by atoms with Gasteiger partial charge < -0.3 is 11.1 Å². The highest BCUT2D eigenvalue weighted by Gasteiger charge is 2.20. The minimum atomic E-state index is 0.284. The number of anilines is 1. The molecule has 1 atom stereocenters. The number of hydrogen-bond acceptors (Lipinski definition) is 3. The first-order valence-electron chi connectivity index (χ1n) is 7.06. The second-order valence-electron chi connectivity index (χ2n) is 6.12. The largest absolute Gasteiger partial charge is 0.389 e. The van der Waals surface area contributed by atoms with Crippen LogP contribution >= 0.6 is 24.0 Å². The van der Waals surface area contributed by atoms with Crippen molar-refractivity contribution in [3.8, 4) is 0 Å². The summed E-state index contributed by atoms with van der Waals surface area (Å²) in [5.41, 5.74) is 8.23. The summed E-state index contributed by atoms with van der Waals surface area (Å²) in [4.78, 5) is 1.63. The van der Waals surface area contributed by atoms with Crippen LogP contribution in [0.25, 0.3) is 0 Å². The van der Waals surface area contributed by atoms with Crippen LogP contribution in [-0.2, 0) is 0 Å². The highest BCUT2D eigenvalue weighted by atomic mass is 32.2. The molecule has 1 aromatic rings. The Hall–Kier alpha value is -0.740. The first-order valence-corrected chi connectivity index (χ1v) is 8.46. The predicted molar refractivity (Wildman–Crippen MR) is 95.8 cm³/mol. The Morgan fingerprint density at radius 2 is 2.05 bits per heavy atom. The molecule has 112 valence electrons. The second kappa shape index (κ2) is 7.32. The molecule has 0 aliphatic heterocycles. The van der Waals surface area contributed by atoms with Crippen LogP contribution in [0.2, 0.25) is 0 Å². The lowest BCUT2D eigenvalue weighted by Gasteiger charge is -2.28. The summed E-state index contributed by atoms with van der Waals surface area (Å²) in [7, 11) is 0. The topological polar surface area (TPSA) is 38.0 Å². The first kappa shape index (κ1) is 17.3. The minimum absolute atomic E-state index is 0.284. The zero-order valence-electron chi connectivity index (χ0n) is 13.1. The van der Waals surface area contributed by atoms with Gasteiger partial charge in [0.25, 0.3) is 0 Å². The molecule has 0 radical (unpaired) electrons. The zero-order valence-corrected chi connectivity index (χ0v) is 14.8. The van der Waals surface area contributed by atoms with E-state index in [1.165, 1.54) is 0 Å². The third kappa shape index (κ3) is 4.67. The van der Waals surface area contributed by atoms with E-state index in [2.05, 4.69) is 58.1 Å². The van der Waals surface area contributed by atoms with Crippen LogP contribution in [0.15, 0.2) is 23.1 Å².